The van der Waals surface area contributed by atoms with Crippen molar-refractivity contribution >= 4 is 65.3 Å². The predicted octanol–water partition coefficient (Wildman–Crippen LogP) is -1.74. The molecule has 110 valence electrons. The van der Waals surface area contributed by atoms with Gasteiger partial charge in [-0.2, -0.15) is 0 Å². The molecule has 0 aromatic rings. The Bertz CT molecular complexity index is 364. The van der Waals surface area contributed by atoms with Crippen molar-refractivity contribution in [3.05, 3.63) is 0 Å². The van der Waals surface area contributed by atoms with E-state index in [9.17, 15) is 19.2 Å². The summed E-state index contributed by atoms with van der Waals surface area (Å²) in [5.74, 6) is -3.91. The molecule has 0 atom stereocenters. The Kier molecular flexibility index (Phi) is 10.7. The summed E-state index contributed by atoms with van der Waals surface area (Å²) in [6.07, 6.45) is -1.59. The predicted molar refractivity (Wildman–Crippen MR) is 69.5 cm³/mol. The van der Waals surface area contributed by atoms with E-state index in [4.69, 9.17) is 20.4 Å². The van der Waals surface area contributed by atoms with Crippen molar-refractivity contribution in [3.8, 4) is 0 Å². The number of hydrogen-bond donors (Lipinski definition) is 5. The van der Waals surface area contributed by atoms with Crippen LogP contribution < -0.4 is 4.72 Å². The van der Waals surface area contributed by atoms with Gasteiger partial charge in [0.15, 0.2) is 5.60 Å². The monoisotopic (exact) mass is 319 g/mol. The molecular weight excluding hydrogens is 305 g/mol. The van der Waals surface area contributed by atoms with E-state index in [1.807, 2.05) is 0 Å². The van der Waals surface area contributed by atoms with Crippen LogP contribution in [0.15, 0.2) is 0 Å². The van der Waals surface area contributed by atoms with Crippen LogP contribution in [-0.4, -0.2) is 85.2 Å². The fourth-order valence-electron chi connectivity index (χ4n) is 1.04. The first-order valence-electron chi connectivity index (χ1n) is 4.97. The quantitative estimate of drug-likeness (QED) is 0.292. The van der Waals surface area contributed by atoms with Gasteiger partial charge in [0.2, 0.25) is 5.91 Å². The Morgan fingerprint density at radius 3 is 1.75 bits per heavy atom. The molecule has 9 nitrogen and oxygen atoms in total. The van der Waals surface area contributed by atoms with E-state index in [2.05, 4.69) is 4.72 Å². The SMILES string of the molecule is O=C(O)CC(O)(CC(=O)O)C(=O)O.O=C1CCSN1.[NaH]. The van der Waals surface area contributed by atoms with Crippen molar-refractivity contribution in [2.45, 2.75) is 24.9 Å². The molecular formula is C9H14NNaO8S. The third-order valence-electron chi connectivity index (χ3n) is 1.90. The summed E-state index contributed by atoms with van der Waals surface area (Å²) in [6.45, 7) is 0. The molecule has 1 amide bonds. The number of carbonyl (C=O) groups is 4. The van der Waals surface area contributed by atoms with Crippen molar-refractivity contribution in [1.82, 2.24) is 4.72 Å². The molecule has 0 aromatic heterocycles. The van der Waals surface area contributed by atoms with E-state index >= 15 is 0 Å². The first-order valence-corrected chi connectivity index (χ1v) is 5.96. The Hall–Kier alpha value is -0.810. The number of carboxylic acids is 3. The van der Waals surface area contributed by atoms with Crippen molar-refractivity contribution in [3.63, 3.8) is 0 Å². The van der Waals surface area contributed by atoms with Crippen LogP contribution in [0.25, 0.3) is 0 Å². The van der Waals surface area contributed by atoms with Crippen LogP contribution >= 0.6 is 11.9 Å². The first kappa shape index (κ1) is 21.5. The molecule has 1 heterocycles. The van der Waals surface area contributed by atoms with Crippen molar-refractivity contribution in [1.29, 1.82) is 0 Å². The van der Waals surface area contributed by atoms with Crippen LogP contribution in [0.3, 0.4) is 0 Å². The third kappa shape index (κ3) is 9.15. The molecule has 1 fully saturated rings. The number of aliphatic hydroxyl groups is 1. The summed E-state index contributed by atoms with van der Waals surface area (Å²) in [5.41, 5.74) is -2.74. The maximum atomic E-state index is 10.3. The molecule has 0 spiro atoms. The minimum atomic E-state index is -2.74. The summed E-state index contributed by atoms with van der Waals surface area (Å²) in [7, 11) is 0. The Balaban J connectivity index is 0. The maximum absolute atomic E-state index is 10.3. The van der Waals surface area contributed by atoms with Gasteiger partial charge in [0, 0.05) is 12.2 Å². The molecule has 0 aromatic carbocycles. The number of carboxylic acid groups (broad SMARTS) is 3. The van der Waals surface area contributed by atoms with Crippen LogP contribution in [0.2, 0.25) is 0 Å². The van der Waals surface area contributed by atoms with Crippen LogP contribution in [0.5, 0.6) is 0 Å². The second-order valence-corrected chi connectivity index (χ2v) is 4.50. The molecule has 1 aliphatic rings. The molecule has 0 aliphatic carbocycles. The van der Waals surface area contributed by atoms with Gasteiger partial charge < -0.3 is 25.1 Å². The number of amides is 1. The van der Waals surface area contributed by atoms with E-state index in [1.165, 1.54) is 11.9 Å². The summed E-state index contributed by atoms with van der Waals surface area (Å²) >= 11 is 1.48. The summed E-state index contributed by atoms with van der Waals surface area (Å²) in [5, 5.41) is 33.8. The fraction of sp³-hybridized carbons (Fsp3) is 0.556. The number of aliphatic carboxylic acids is 3. The number of rotatable bonds is 5. The van der Waals surface area contributed by atoms with E-state index in [0.29, 0.717) is 6.42 Å². The molecule has 0 radical (unpaired) electrons. The fourth-order valence-corrected chi connectivity index (χ4v) is 1.69. The molecule has 1 saturated heterocycles. The summed E-state index contributed by atoms with van der Waals surface area (Å²) < 4.78 is 2.60. The Morgan fingerprint density at radius 1 is 1.15 bits per heavy atom. The Morgan fingerprint density at radius 2 is 1.60 bits per heavy atom. The number of nitrogens with one attached hydrogen (secondary N) is 1. The minimum absolute atomic E-state index is 0. The van der Waals surface area contributed by atoms with E-state index < -0.39 is 36.4 Å². The zero-order chi connectivity index (χ0) is 15.1. The van der Waals surface area contributed by atoms with Gasteiger partial charge in [0.05, 0.1) is 12.8 Å². The second kappa shape index (κ2) is 10.00. The van der Waals surface area contributed by atoms with Crippen LogP contribution in [0.4, 0.5) is 0 Å². The zero-order valence-electron chi connectivity index (χ0n) is 9.66. The standard InChI is InChI=1S/C6H8O7.C3H5NOS.Na.H/c7-3(8)1-6(13,5(11)12)2-4(9)10;5-3-1-2-6-4-3;;/h13H,1-2H2,(H,7,8)(H,9,10)(H,11,12);1-2H2,(H,4,5);;. The van der Waals surface area contributed by atoms with Crippen LogP contribution in [0, 0.1) is 0 Å². The van der Waals surface area contributed by atoms with Gasteiger partial charge in [0.1, 0.15) is 0 Å². The Labute approximate surface area is 140 Å². The van der Waals surface area contributed by atoms with Crippen molar-refractivity contribution < 1.29 is 39.6 Å². The third-order valence-corrected chi connectivity index (χ3v) is 2.68. The molecule has 11 heteroatoms. The zero-order valence-corrected chi connectivity index (χ0v) is 10.5. The normalized spacial score (nSPS) is 13.3. The summed E-state index contributed by atoms with van der Waals surface area (Å²) in [6, 6.07) is 0. The van der Waals surface area contributed by atoms with Crippen LogP contribution in [0.1, 0.15) is 19.3 Å². The molecule has 0 bridgehead atoms. The van der Waals surface area contributed by atoms with Gasteiger partial charge in [-0.15, -0.1) is 0 Å². The average molecular weight is 319 g/mol. The van der Waals surface area contributed by atoms with Gasteiger partial charge in [-0.05, 0) is 11.9 Å². The number of hydrogen-bond acceptors (Lipinski definition) is 6. The molecule has 5 N–H and O–H groups in total. The molecule has 0 saturated carbocycles. The second-order valence-electron chi connectivity index (χ2n) is 3.60. The first-order chi connectivity index (χ1) is 8.67. The van der Waals surface area contributed by atoms with E-state index in [1.54, 1.807) is 0 Å². The van der Waals surface area contributed by atoms with Gasteiger partial charge in [-0.3, -0.25) is 14.4 Å². The molecule has 1 rings (SSSR count). The van der Waals surface area contributed by atoms with Crippen molar-refractivity contribution in [2.75, 3.05) is 5.75 Å². The number of carbonyl (C=O) groups excluding carboxylic acids is 1. The van der Waals surface area contributed by atoms with E-state index in [-0.39, 0.29) is 35.5 Å². The molecule has 1 aliphatic heterocycles. The molecule has 0 unspecified atom stereocenters. The topological polar surface area (TPSA) is 161 Å². The van der Waals surface area contributed by atoms with Gasteiger partial charge in [0.25, 0.3) is 0 Å². The average Bonchev–Trinajstić information content (AvgIpc) is 2.67. The van der Waals surface area contributed by atoms with Gasteiger partial charge in [-0.25, -0.2) is 4.79 Å². The molecule has 20 heavy (non-hydrogen) atoms. The van der Waals surface area contributed by atoms with E-state index in [0.717, 1.165) is 5.75 Å². The van der Waals surface area contributed by atoms with Crippen LogP contribution in [-0.2, 0) is 19.2 Å². The van der Waals surface area contributed by atoms with Gasteiger partial charge >= 0.3 is 47.5 Å². The van der Waals surface area contributed by atoms with Crippen molar-refractivity contribution in [2.24, 2.45) is 0 Å². The summed E-state index contributed by atoms with van der Waals surface area (Å²) in [4.78, 5) is 40.6. The van der Waals surface area contributed by atoms with Gasteiger partial charge in [-0.1, -0.05) is 0 Å².